The predicted molar refractivity (Wildman–Crippen MR) is 76.5 cm³/mol. The third-order valence-electron chi connectivity index (χ3n) is 4.06. The van der Waals surface area contributed by atoms with E-state index in [0.29, 0.717) is 6.04 Å². The van der Waals surface area contributed by atoms with E-state index in [0.717, 1.165) is 23.1 Å². The quantitative estimate of drug-likeness (QED) is 0.593. The van der Waals surface area contributed by atoms with E-state index < -0.39 is 0 Å². The lowest BCUT2D eigenvalue weighted by atomic mass is 10.0. The molecule has 98 valence electrons. The molecule has 1 aromatic rings. The normalized spacial score (nSPS) is 17.2. The lowest BCUT2D eigenvalue weighted by molar-refractivity contribution is 0.112. The molecule has 0 amide bonds. The van der Waals surface area contributed by atoms with Gasteiger partial charge >= 0.3 is 0 Å². The Morgan fingerprint density at radius 1 is 1.17 bits per heavy atom. The van der Waals surface area contributed by atoms with Gasteiger partial charge in [0.2, 0.25) is 0 Å². The van der Waals surface area contributed by atoms with Crippen LogP contribution in [0.3, 0.4) is 0 Å². The van der Waals surface area contributed by atoms with Crippen LogP contribution >= 0.6 is 0 Å². The first-order valence-corrected chi connectivity index (χ1v) is 7.01. The van der Waals surface area contributed by atoms with Gasteiger partial charge in [-0.1, -0.05) is 37.3 Å². The highest BCUT2D eigenvalue weighted by atomic mass is 16.1. The third kappa shape index (κ3) is 2.92. The Bertz CT molecular complexity index is 406. The van der Waals surface area contributed by atoms with Crippen molar-refractivity contribution in [2.24, 2.45) is 0 Å². The van der Waals surface area contributed by atoms with Crippen molar-refractivity contribution in [1.29, 1.82) is 0 Å². The smallest absolute Gasteiger partial charge is 0.152 e. The summed E-state index contributed by atoms with van der Waals surface area (Å²) in [7, 11) is 2.13. The molecule has 2 heteroatoms. The van der Waals surface area contributed by atoms with Crippen LogP contribution in [0.25, 0.3) is 0 Å². The van der Waals surface area contributed by atoms with Crippen molar-refractivity contribution in [3.8, 4) is 0 Å². The molecule has 0 unspecified atom stereocenters. The number of hydrogen-bond acceptors (Lipinski definition) is 2. The highest BCUT2D eigenvalue weighted by Crippen LogP contribution is 2.27. The average Bonchev–Trinajstić information content (AvgIpc) is 2.66. The van der Waals surface area contributed by atoms with Crippen LogP contribution in [0.15, 0.2) is 18.2 Å². The molecule has 0 spiro atoms. The Balaban J connectivity index is 2.21. The SMILES string of the molecule is Cc1ccc(N(C)C2CCCCCC2)c(C=O)c1. The van der Waals surface area contributed by atoms with Gasteiger partial charge in [0.05, 0.1) is 0 Å². The summed E-state index contributed by atoms with van der Waals surface area (Å²) < 4.78 is 0. The molecule has 1 saturated carbocycles. The van der Waals surface area contributed by atoms with Crippen molar-refractivity contribution in [1.82, 2.24) is 0 Å². The first-order valence-electron chi connectivity index (χ1n) is 7.01. The molecule has 2 rings (SSSR count). The first-order chi connectivity index (χ1) is 8.72. The number of carbonyl (C=O) groups is 1. The van der Waals surface area contributed by atoms with E-state index >= 15 is 0 Å². The summed E-state index contributed by atoms with van der Waals surface area (Å²) in [6, 6.07) is 6.75. The zero-order valence-electron chi connectivity index (χ0n) is 11.5. The van der Waals surface area contributed by atoms with Gasteiger partial charge in [0.25, 0.3) is 0 Å². The van der Waals surface area contributed by atoms with Crippen molar-refractivity contribution in [3.05, 3.63) is 29.3 Å². The molecule has 1 aliphatic carbocycles. The number of benzene rings is 1. The second kappa shape index (κ2) is 6.03. The number of anilines is 1. The Labute approximate surface area is 110 Å². The van der Waals surface area contributed by atoms with Gasteiger partial charge in [0.1, 0.15) is 0 Å². The maximum Gasteiger partial charge on any atom is 0.152 e. The second-order valence-electron chi connectivity index (χ2n) is 5.44. The van der Waals surface area contributed by atoms with Crippen LogP contribution < -0.4 is 4.90 Å². The fourth-order valence-electron chi connectivity index (χ4n) is 2.93. The maximum absolute atomic E-state index is 11.2. The van der Waals surface area contributed by atoms with Crippen molar-refractivity contribution in [3.63, 3.8) is 0 Å². The van der Waals surface area contributed by atoms with Crippen LogP contribution in [-0.4, -0.2) is 19.4 Å². The number of aryl methyl sites for hydroxylation is 1. The topological polar surface area (TPSA) is 20.3 Å². The lowest BCUT2D eigenvalue weighted by Crippen LogP contribution is -2.31. The Morgan fingerprint density at radius 3 is 2.44 bits per heavy atom. The Kier molecular flexibility index (Phi) is 4.40. The van der Waals surface area contributed by atoms with Crippen molar-refractivity contribution >= 4 is 12.0 Å². The van der Waals surface area contributed by atoms with Gasteiger partial charge < -0.3 is 4.90 Å². The lowest BCUT2D eigenvalue weighted by Gasteiger charge is -2.30. The van der Waals surface area contributed by atoms with Gasteiger partial charge in [-0.25, -0.2) is 0 Å². The van der Waals surface area contributed by atoms with Crippen molar-refractivity contribution in [2.45, 2.75) is 51.5 Å². The standard InChI is InChI=1S/C16H23NO/c1-13-9-10-16(14(11-13)12-18)17(2)15-7-5-3-4-6-8-15/h9-12,15H,3-8H2,1-2H3. The predicted octanol–water partition coefficient (Wildman–Crippen LogP) is 3.97. The zero-order valence-corrected chi connectivity index (χ0v) is 11.5. The number of hydrogen-bond donors (Lipinski definition) is 0. The number of carbonyl (C=O) groups excluding carboxylic acids is 1. The summed E-state index contributed by atoms with van der Waals surface area (Å²) in [5.74, 6) is 0. The number of nitrogens with zero attached hydrogens (tertiary/aromatic N) is 1. The van der Waals surface area contributed by atoms with Crippen LogP contribution in [-0.2, 0) is 0 Å². The molecule has 18 heavy (non-hydrogen) atoms. The van der Waals surface area contributed by atoms with E-state index in [1.54, 1.807) is 0 Å². The molecular formula is C16H23NO. The van der Waals surface area contributed by atoms with Crippen molar-refractivity contribution in [2.75, 3.05) is 11.9 Å². The minimum Gasteiger partial charge on any atom is -0.371 e. The molecule has 0 aromatic heterocycles. The maximum atomic E-state index is 11.2. The van der Waals surface area contributed by atoms with Gasteiger partial charge in [0.15, 0.2) is 6.29 Å². The molecule has 1 fully saturated rings. The molecule has 1 aliphatic rings. The summed E-state index contributed by atoms with van der Waals surface area (Å²) in [5.41, 5.74) is 3.05. The van der Waals surface area contributed by atoms with Crippen LogP contribution in [0, 0.1) is 6.92 Å². The largest absolute Gasteiger partial charge is 0.371 e. The zero-order chi connectivity index (χ0) is 13.0. The van der Waals surface area contributed by atoms with Crippen LogP contribution in [0.1, 0.15) is 54.4 Å². The van der Waals surface area contributed by atoms with E-state index in [1.807, 2.05) is 13.0 Å². The summed E-state index contributed by atoms with van der Waals surface area (Å²) >= 11 is 0. The van der Waals surface area contributed by atoms with Crippen LogP contribution in [0.5, 0.6) is 0 Å². The van der Waals surface area contributed by atoms with E-state index in [-0.39, 0.29) is 0 Å². The molecule has 1 aromatic carbocycles. The summed E-state index contributed by atoms with van der Waals surface area (Å²) in [4.78, 5) is 13.5. The van der Waals surface area contributed by atoms with Gasteiger partial charge in [0, 0.05) is 24.3 Å². The average molecular weight is 245 g/mol. The van der Waals surface area contributed by atoms with Gasteiger partial charge in [-0.3, -0.25) is 4.79 Å². The second-order valence-corrected chi connectivity index (χ2v) is 5.44. The van der Waals surface area contributed by atoms with E-state index in [9.17, 15) is 4.79 Å². The monoisotopic (exact) mass is 245 g/mol. The van der Waals surface area contributed by atoms with Crippen molar-refractivity contribution < 1.29 is 4.79 Å². The molecule has 0 N–H and O–H groups in total. The minimum absolute atomic E-state index is 0.592. The van der Waals surface area contributed by atoms with Gasteiger partial charge in [-0.2, -0.15) is 0 Å². The van der Waals surface area contributed by atoms with Crippen LogP contribution in [0.2, 0.25) is 0 Å². The highest BCUT2D eigenvalue weighted by Gasteiger charge is 2.19. The van der Waals surface area contributed by atoms with Gasteiger partial charge in [-0.05, 0) is 31.9 Å². The fraction of sp³-hybridized carbons (Fsp3) is 0.562. The molecule has 0 atom stereocenters. The van der Waals surface area contributed by atoms with Crippen LogP contribution in [0.4, 0.5) is 5.69 Å². The van der Waals surface area contributed by atoms with E-state index in [4.69, 9.17) is 0 Å². The summed E-state index contributed by atoms with van der Waals surface area (Å²) in [6.45, 7) is 2.03. The Hall–Kier alpha value is -1.31. The summed E-state index contributed by atoms with van der Waals surface area (Å²) in [5, 5.41) is 0. The van der Waals surface area contributed by atoms with E-state index in [2.05, 4.69) is 24.1 Å². The third-order valence-corrected chi connectivity index (χ3v) is 4.06. The molecule has 0 aliphatic heterocycles. The number of aldehydes is 1. The molecule has 0 bridgehead atoms. The number of rotatable bonds is 3. The minimum atomic E-state index is 0.592. The highest BCUT2D eigenvalue weighted by molar-refractivity contribution is 5.85. The molecular weight excluding hydrogens is 222 g/mol. The Morgan fingerprint density at radius 2 is 1.83 bits per heavy atom. The molecule has 0 saturated heterocycles. The van der Waals surface area contributed by atoms with E-state index in [1.165, 1.54) is 38.5 Å². The first kappa shape index (κ1) is 13.1. The molecule has 0 heterocycles. The fourth-order valence-corrected chi connectivity index (χ4v) is 2.93. The molecule has 0 radical (unpaired) electrons. The molecule has 2 nitrogen and oxygen atoms in total. The summed E-state index contributed by atoms with van der Waals surface area (Å²) in [6.07, 6.45) is 8.84. The van der Waals surface area contributed by atoms with Gasteiger partial charge in [-0.15, -0.1) is 0 Å².